The fourth-order valence-electron chi connectivity index (χ4n) is 2.46. The number of nitrogens with zero attached hydrogens (tertiary/aromatic N) is 1. The predicted molar refractivity (Wildman–Crippen MR) is 56.3 cm³/mol. The molecule has 1 unspecified atom stereocenters. The number of rotatable bonds is 4. The molecule has 0 spiro atoms. The second-order valence-corrected chi connectivity index (χ2v) is 5.36. The van der Waals surface area contributed by atoms with Crippen LogP contribution in [-0.4, -0.2) is 36.1 Å². The SMILES string of the molecule is CN1CCC(CC(C)(C)CC(=O)O)C1. The third kappa shape index (κ3) is 3.66. The lowest BCUT2D eigenvalue weighted by Crippen LogP contribution is -2.22. The first-order valence-electron chi connectivity index (χ1n) is 5.29. The van der Waals surface area contributed by atoms with E-state index in [0.717, 1.165) is 19.5 Å². The Balaban J connectivity index is 2.38. The van der Waals surface area contributed by atoms with Crippen LogP contribution >= 0.6 is 0 Å². The number of carboxylic acids is 1. The van der Waals surface area contributed by atoms with Crippen molar-refractivity contribution in [2.75, 3.05) is 20.1 Å². The molecule has 0 amide bonds. The highest BCUT2D eigenvalue weighted by Crippen LogP contribution is 2.33. The van der Waals surface area contributed by atoms with Crippen molar-refractivity contribution in [3.63, 3.8) is 0 Å². The predicted octanol–water partition coefficient (Wildman–Crippen LogP) is 1.83. The summed E-state index contributed by atoms with van der Waals surface area (Å²) >= 11 is 0. The average Bonchev–Trinajstić information content (AvgIpc) is 2.30. The Bertz CT molecular complexity index is 213. The van der Waals surface area contributed by atoms with Crippen molar-refractivity contribution in [1.82, 2.24) is 4.90 Å². The second-order valence-electron chi connectivity index (χ2n) is 5.36. The van der Waals surface area contributed by atoms with Gasteiger partial charge in [-0.15, -0.1) is 0 Å². The van der Waals surface area contributed by atoms with E-state index in [2.05, 4.69) is 25.8 Å². The highest BCUT2D eigenvalue weighted by Gasteiger charge is 2.29. The van der Waals surface area contributed by atoms with Gasteiger partial charge in [0.2, 0.25) is 0 Å². The van der Waals surface area contributed by atoms with E-state index in [0.29, 0.717) is 5.92 Å². The van der Waals surface area contributed by atoms with E-state index >= 15 is 0 Å². The standard InChI is InChI=1S/C11H21NO2/c1-11(2,7-10(13)14)6-9-4-5-12(3)8-9/h9H,4-8H2,1-3H3,(H,13,14). The maximum Gasteiger partial charge on any atom is 0.303 e. The van der Waals surface area contributed by atoms with Gasteiger partial charge >= 0.3 is 5.97 Å². The van der Waals surface area contributed by atoms with Crippen molar-refractivity contribution in [1.29, 1.82) is 0 Å². The van der Waals surface area contributed by atoms with E-state index in [1.54, 1.807) is 0 Å². The molecule has 3 heteroatoms. The summed E-state index contributed by atoms with van der Waals surface area (Å²) in [5.74, 6) is 0.00991. The van der Waals surface area contributed by atoms with Gasteiger partial charge in [-0.05, 0) is 37.8 Å². The van der Waals surface area contributed by atoms with E-state index in [4.69, 9.17) is 5.11 Å². The van der Waals surface area contributed by atoms with E-state index in [-0.39, 0.29) is 11.8 Å². The van der Waals surface area contributed by atoms with E-state index in [1.165, 1.54) is 6.42 Å². The lowest BCUT2D eigenvalue weighted by molar-refractivity contribution is -0.139. The molecule has 1 N–H and O–H groups in total. The fraction of sp³-hybridized carbons (Fsp3) is 0.909. The lowest BCUT2D eigenvalue weighted by atomic mass is 9.80. The van der Waals surface area contributed by atoms with E-state index in [1.807, 2.05) is 0 Å². The largest absolute Gasteiger partial charge is 0.481 e. The summed E-state index contributed by atoms with van der Waals surface area (Å²) in [6, 6.07) is 0. The Morgan fingerprint density at radius 1 is 1.57 bits per heavy atom. The normalized spacial score (nSPS) is 24.1. The lowest BCUT2D eigenvalue weighted by Gasteiger charge is -2.25. The minimum absolute atomic E-state index is 0.0539. The molecule has 0 saturated carbocycles. The van der Waals surface area contributed by atoms with Gasteiger partial charge in [-0.1, -0.05) is 13.8 Å². The van der Waals surface area contributed by atoms with Crippen LogP contribution in [0.2, 0.25) is 0 Å². The molecule has 0 aromatic heterocycles. The highest BCUT2D eigenvalue weighted by molar-refractivity contribution is 5.67. The zero-order valence-electron chi connectivity index (χ0n) is 9.42. The van der Waals surface area contributed by atoms with Crippen molar-refractivity contribution in [2.24, 2.45) is 11.3 Å². The van der Waals surface area contributed by atoms with Crippen molar-refractivity contribution in [3.05, 3.63) is 0 Å². The number of hydrogen-bond acceptors (Lipinski definition) is 2. The minimum Gasteiger partial charge on any atom is -0.481 e. The van der Waals surface area contributed by atoms with Crippen LogP contribution in [0, 0.1) is 11.3 Å². The Kier molecular flexibility index (Phi) is 3.53. The smallest absolute Gasteiger partial charge is 0.303 e. The molecule has 3 nitrogen and oxygen atoms in total. The van der Waals surface area contributed by atoms with E-state index < -0.39 is 5.97 Å². The molecule has 1 aliphatic heterocycles. The molecular weight excluding hydrogens is 178 g/mol. The molecule has 1 rings (SSSR count). The van der Waals surface area contributed by atoms with Crippen molar-refractivity contribution < 1.29 is 9.90 Å². The van der Waals surface area contributed by atoms with Crippen LogP contribution in [0.1, 0.15) is 33.1 Å². The van der Waals surface area contributed by atoms with Crippen molar-refractivity contribution in [2.45, 2.75) is 33.1 Å². The summed E-state index contributed by atoms with van der Waals surface area (Å²) in [5.41, 5.74) is -0.0539. The quantitative estimate of drug-likeness (QED) is 0.751. The molecule has 0 bridgehead atoms. The average molecular weight is 199 g/mol. The Morgan fingerprint density at radius 3 is 2.64 bits per heavy atom. The Morgan fingerprint density at radius 2 is 2.21 bits per heavy atom. The van der Waals surface area contributed by atoms with Gasteiger partial charge in [0.1, 0.15) is 0 Å². The van der Waals surface area contributed by atoms with Gasteiger partial charge < -0.3 is 10.0 Å². The van der Waals surface area contributed by atoms with Crippen LogP contribution in [0.5, 0.6) is 0 Å². The third-order valence-corrected chi connectivity index (χ3v) is 2.96. The first kappa shape index (κ1) is 11.5. The summed E-state index contributed by atoms with van der Waals surface area (Å²) < 4.78 is 0. The zero-order chi connectivity index (χ0) is 10.8. The number of carbonyl (C=O) groups is 1. The van der Waals surface area contributed by atoms with Gasteiger partial charge in [-0.2, -0.15) is 0 Å². The second kappa shape index (κ2) is 4.30. The molecule has 0 aromatic rings. The summed E-state index contributed by atoms with van der Waals surface area (Å²) in [7, 11) is 2.13. The fourth-order valence-corrected chi connectivity index (χ4v) is 2.46. The molecule has 0 aromatic carbocycles. The van der Waals surface area contributed by atoms with Gasteiger partial charge in [-0.25, -0.2) is 0 Å². The topological polar surface area (TPSA) is 40.5 Å². The van der Waals surface area contributed by atoms with Gasteiger partial charge in [0.25, 0.3) is 0 Å². The van der Waals surface area contributed by atoms with Gasteiger partial charge in [0, 0.05) is 6.54 Å². The molecule has 0 aliphatic carbocycles. The van der Waals surface area contributed by atoms with Crippen LogP contribution in [0.15, 0.2) is 0 Å². The molecule has 1 heterocycles. The number of carboxylic acid groups (broad SMARTS) is 1. The third-order valence-electron chi connectivity index (χ3n) is 2.96. The molecule has 1 aliphatic rings. The van der Waals surface area contributed by atoms with Gasteiger partial charge in [-0.3, -0.25) is 4.79 Å². The number of aliphatic carboxylic acids is 1. The molecule has 14 heavy (non-hydrogen) atoms. The van der Waals surface area contributed by atoms with Crippen LogP contribution in [0.25, 0.3) is 0 Å². The molecule has 1 saturated heterocycles. The van der Waals surface area contributed by atoms with Crippen molar-refractivity contribution >= 4 is 5.97 Å². The zero-order valence-corrected chi connectivity index (χ0v) is 9.42. The monoisotopic (exact) mass is 199 g/mol. The van der Waals surface area contributed by atoms with Gasteiger partial charge in [0.15, 0.2) is 0 Å². The highest BCUT2D eigenvalue weighted by atomic mass is 16.4. The van der Waals surface area contributed by atoms with Crippen LogP contribution in [0.4, 0.5) is 0 Å². The van der Waals surface area contributed by atoms with Crippen LogP contribution in [0.3, 0.4) is 0 Å². The number of hydrogen-bond donors (Lipinski definition) is 1. The van der Waals surface area contributed by atoms with Crippen molar-refractivity contribution in [3.8, 4) is 0 Å². The molecular formula is C11H21NO2. The summed E-state index contributed by atoms with van der Waals surface area (Å²) in [4.78, 5) is 13.0. The minimum atomic E-state index is -0.679. The van der Waals surface area contributed by atoms with Crippen LogP contribution in [-0.2, 0) is 4.79 Å². The Hall–Kier alpha value is -0.570. The molecule has 0 radical (unpaired) electrons. The van der Waals surface area contributed by atoms with Gasteiger partial charge in [0.05, 0.1) is 6.42 Å². The molecule has 82 valence electrons. The molecule has 1 atom stereocenters. The summed E-state index contributed by atoms with van der Waals surface area (Å²) in [5, 5.41) is 8.76. The molecule has 1 fully saturated rings. The first-order chi connectivity index (χ1) is 6.39. The van der Waals surface area contributed by atoms with E-state index in [9.17, 15) is 4.79 Å². The number of likely N-dealkylation sites (tertiary alicyclic amines) is 1. The Labute approximate surface area is 86.1 Å². The summed E-state index contributed by atoms with van der Waals surface area (Å²) in [6.07, 6.45) is 2.54. The first-order valence-corrected chi connectivity index (χ1v) is 5.29. The maximum atomic E-state index is 10.6. The van der Waals surface area contributed by atoms with Crippen LogP contribution < -0.4 is 0 Å². The summed E-state index contributed by atoms with van der Waals surface area (Å²) in [6.45, 7) is 6.40. The maximum absolute atomic E-state index is 10.6.